The molecule has 0 saturated heterocycles. The van der Waals surface area contributed by atoms with Crippen molar-refractivity contribution in [2.75, 3.05) is 16.3 Å². The molecule has 0 amide bonds. The lowest BCUT2D eigenvalue weighted by Crippen LogP contribution is -2.62. The Morgan fingerprint density at radius 3 is 1.11 bits per heavy atom. The van der Waals surface area contributed by atoms with Gasteiger partial charge in [0.15, 0.2) is 0 Å². The molecule has 0 bridgehead atoms. The summed E-state index contributed by atoms with van der Waals surface area (Å²) in [6.07, 6.45) is 0.426. The monoisotopic (exact) mass is 1540 g/mol. The normalized spacial score (nSPS) is 14.2. The predicted octanol–water partition coefficient (Wildman–Crippen LogP) is 27.3. The molecule has 566 valence electrons. The second kappa shape index (κ2) is 27.1. The minimum atomic E-state index is -0.634. The molecule has 23 rings (SSSR count). The van der Waals surface area contributed by atoms with Crippen LogP contribution in [0.5, 0.6) is 0 Å². The Labute approximate surface area is 710 Å². The van der Waals surface area contributed by atoms with Crippen LogP contribution in [0.4, 0.5) is 28.4 Å². The maximum absolute atomic E-state index is 10.5. The highest BCUT2D eigenvalue weighted by Crippen LogP contribution is 2.50. The molecule has 0 unspecified atom stereocenters. The van der Waals surface area contributed by atoms with E-state index in [0.29, 0.717) is 39.8 Å². The largest absolute Gasteiger partial charge is 0.342 e. The predicted molar refractivity (Wildman–Crippen MR) is 506 cm³/mol. The third kappa shape index (κ3) is 11.4. The molecule has 0 aliphatic carbocycles. The Morgan fingerprint density at radius 1 is 0.261 bits per heavy atom. The standard InChI is InChI=1S/C112H85BN6/c1-111(2,3)81-47-54-103-93(65-81)94-66-82(112(4,5)6)48-55-104(94)117(103)85-50-53-97-107(69-85)119(86-63-79(75-33-15-9-16-34-75)62-80(64-86)76-35-17-10-18-36-76)109-71-87(118-102-46-28-23-41-92(102)95-67-83(51-56-105(95)118)115-98-42-24-19-37-88(98)89-38-20-25-43-99(89)115)70-108-110(109)113(97)96-52-49-84(116-100-44-26-21-39-90(100)91-40-22-27-45-101(91)116)68-106(96)114(108)58-57-72-59-77(73-29-11-7-12-30-73)61-78(60-72)74-31-13-8-14-32-74/h7-56,59-71H,57-58H2,1-6H3/i21D,22D,23D,26D,27D,28D,39D,40D,41D,44D,45D,46D. The van der Waals surface area contributed by atoms with Crippen molar-refractivity contribution in [1.82, 2.24) is 18.3 Å². The summed E-state index contributed by atoms with van der Waals surface area (Å²) in [5.41, 5.74) is 25.2. The van der Waals surface area contributed by atoms with E-state index < -0.39 is 61.1 Å². The van der Waals surface area contributed by atoms with Gasteiger partial charge in [0.1, 0.15) is 0 Å². The molecule has 6 heterocycles. The van der Waals surface area contributed by atoms with E-state index >= 15 is 0 Å². The van der Waals surface area contributed by atoms with Gasteiger partial charge in [0.25, 0.3) is 6.71 Å². The zero-order valence-corrected chi connectivity index (χ0v) is 66.6. The third-order valence-electron chi connectivity index (χ3n) is 24.9. The van der Waals surface area contributed by atoms with Gasteiger partial charge >= 0.3 is 0 Å². The molecule has 0 radical (unpaired) electrons. The van der Waals surface area contributed by atoms with Crippen LogP contribution in [0.2, 0.25) is 0 Å². The van der Waals surface area contributed by atoms with Crippen LogP contribution in [0, 0.1) is 0 Å². The molecule has 0 fully saturated rings. The van der Waals surface area contributed by atoms with Gasteiger partial charge in [-0.05, 0) is 228 Å². The first-order valence-electron chi connectivity index (χ1n) is 46.9. The molecule has 7 heteroatoms. The van der Waals surface area contributed by atoms with Crippen molar-refractivity contribution in [3.63, 3.8) is 0 Å². The van der Waals surface area contributed by atoms with Crippen molar-refractivity contribution >= 4 is 139 Å². The molecule has 17 aromatic carbocycles. The first kappa shape index (κ1) is 58.4. The van der Waals surface area contributed by atoms with Crippen molar-refractivity contribution in [1.29, 1.82) is 0 Å². The number of anilines is 5. The summed E-state index contributed by atoms with van der Waals surface area (Å²) in [5, 5.41) is 5.23. The van der Waals surface area contributed by atoms with Crippen LogP contribution in [0.1, 0.15) is 74.7 Å². The minimum absolute atomic E-state index is 0.0122. The number of fused-ring (bicyclic) bond motifs is 16. The molecule has 0 N–H and O–H groups in total. The Hall–Kier alpha value is -14.4. The zero-order chi connectivity index (χ0) is 90.0. The highest BCUT2D eigenvalue weighted by atomic mass is 15.2. The molecule has 0 saturated carbocycles. The molecule has 0 atom stereocenters. The summed E-state index contributed by atoms with van der Waals surface area (Å²) >= 11 is 0. The molecule has 4 aromatic heterocycles. The number of aromatic nitrogens is 4. The van der Waals surface area contributed by atoms with Gasteiger partial charge in [-0.25, -0.2) is 0 Å². The summed E-state index contributed by atoms with van der Waals surface area (Å²) in [4.78, 5) is 4.77. The smallest absolute Gasteiger partial charge is 0.252 e. The maximum Gasteiger partial charge on any atom is 0.252 e. The average Bonchev–Trinajstić information content (AvgIpc) is 1.38. The second-order valence-corrected chi connectivity index (χ2v) is 33.9. The van der Waals surface area contributed by atoms with Crippen LogP contribution in [0.3, 0.4) is 0 Å². The fourth-order valence-corrected chi connectivity index (χ4v) is 19.2. The first-order valence-corrected chi connectivity index (χ1v) is 40.9. The molecular formula is C112H85BN6. The zero-order valence-electron chi connectivity index (χ0n) is 78.6. The molecule has 21 aromatic rings. The van der Waals surface area contributed by atoms with Crippen molar-refractivity contribution in [3.8, 4) is 67.3 Å². The molecule has 2 aliphatic heterocycles. The van der Waals surface area contributed by atoms with Crippen molar-refractivity contribution < 1.29 is 16.4 Å². The average molecular weight is 1540 g/mol. The quantitative estimate of drug-likeness (QED) is 0.114. The molecule has 0 spiro atoms. The number of benzene rings is 17. The van der Waals surface area contributed by atoms with Crippen LogP contribution in [0.25, 0.3) is 154 Å². The van der Waals surface area contributed by atoms with Crippen LogP contribution >= 0.6 is 0 Å². The van der Waals surface area contributed by atoms with E-state index in [1.54, 1.807) is 4.57 Å². The Kier molecular flexibility index (Phi) is 13.3. The van der Waals surface area contributed by atoms with Gasteiger partial charge in [0.2, 0.25) is 0 Å². The molecular weight excluding hydrogens is 1440 g/mol. The van der Waals surface area contributed by atoms with Gasteiger partial charge < -0.3 is 28.1 Å². The maximum atomic E-state index is 10.5. The molecule has 2 aliphatic rings. The number of hydrogen-bond acceptors (Lipinski definition) is 2. The van der Waals surface area contributed by atoms with Crippen molar-refractivity contribution in [2.24, 2.45) is 0 Å². The van der Waals surface area contributed by atoms with E-state index in [0.717, 1.165) is 144 Å². The fraction of sp³-hybridized carbons (Fsp3) is 0.0893. The summed E-state index contributed by atoms with van der Waals surface area (Å²) in [5.74, 6) is 0. The Morgan fingerprint density at radius 2 is 0.622 bits per heavy atom. The van der Waals surface area contributed by atoms with Gasteiger partial charge in [-0.15, -0.1) is 0 Å². The van der Waals surface area contributed by atoms with Gasteiger partial charge in [-0.2, -0.15) is 0 Å². The summed E-state index contributed by atoms with van der Waals surface area (Å²) in [6, 6.07) is 104. The minimum Gasteiger partial charge on any atom is -0.342 e. The van der Waals surface area contributed by atoms with Gasteiger partial charge in [0.05, 0.1) is 66.3 Å². The number of para-hydroxylation sites is 5. The van der Waals surface area contributed by atoms with E-state index in [1.807, 2.05) is 65.2 Å². The van der Waals surface area contributed by atoms with Gasteiger partial charge in [-0.1, -0.05) is 290 Å². The highest BCUT2D eigenvalue weighted by Gasteiger charge is 2.45. The van der Waals surface area contributed by atoms with E-state index in [9.17, 15) is 13.7 Å². The SMILES string of the molecule is [2H]c1c([2H])c([2H])c2c(c1[2H])c1cc(-n3c4ccccc4c4ccccc43)ccc1n2-c1cc2c3c(c1)N(c1cc(-c4ccccc4)cc(-c4ccccc4)c1)c1cc(-n4c5ccc(C(C)(C)C)cc5c5cc(C(C)(C)C)ccc54)ccc1B3c1ccc(-n3c4c([2H])c([2H])c([2H])c([2H])c4c4c([2H])c([2H])c([2H])c([2H])c43)cc1N2CCc1cc(-c2ccccc2)cc(-c2ccccc2)c1. The summed E-state index contributed by atoms with van der Waals surface area (Å²) in [6.45, 7) is 13.2. The van der Waals surface area contributed by atoms with E-state index in [2.05, 4.69) is 309 Å². The molecule has 119 heavy (non-hydrogen) atoms. The lowest BCUT2D eigenvalue weighted by atomic mass is 9.33. The van der Waals surface area contributed by atoms with Crippen LogP contribution in [0.15, 0.2) is 382 Å². The van der Waals surface area contributed by atoms with Crippen LogP contribution < -0.4 is 26.2 Å². The lowest BCUT2D eigenvalue weighted by molar-refractivity contribution is 0.590. The highest BCUT2D eigenvalue weighted by molar-refractivity contribution is 7.00. The third-order valence-corrected chi connectivity index (χ3v) is 24.9. The summed E-state index contributed by atoms with van der Waals surface area (Å²) in [7, 11) is 0. The first-order chi connectivity index (χ1) is 63.3. The number of nitrogens with zero attached hydrogens (tertiary/aromatic N) is 6. The fourth-order valence-electron chi connectivity index (χ4n) is 19.2. The Bertz CT molecular complexity index is 8160. The van der Waals surface area contributed by atoms with Crippen LogP contribution in [-0.4, -0.2) is 31.5 Å². The van der Waals surface area contributed by atoms with Crippen LogP contribution in [-0.2, 0) is 17.3 Å². The van der Waals surface area contributed by atoms with Gasteiger partial charge in [0, 0.05) is 95.1 Å². The van der Waals surface area contributed by atoms with E-state index in [-0.39, 0.29) is 62.8 Å². The second-order valence-electron chi connectivity index (χ2n) is 33.9. The van der Waals surface area contributed by atoms with E-state index in [4.69, 9.17) is 2.74 Å². The van der Waals surface area contributed by atoms with Crippen molar-refractivity contribution in [2.45, 2.75) is 58.8 Å². The lowest BCUT2D eigenvalue weighted by Gasteiger charge is -2.45. The Balaban J connectivity index is 0.876. The topological polar surface area (TPSA) is 26.2 Å². The number of rotatable bonds is 12. The van der Waals surface area contributed by atoms with Crippen molar-refractivity contribution in [3.05, 3.63) is 399 Å². The van der Waals surface area contributed by atoms with Gasteiger partial charge in [-0.3, -0.25) is 0 Å². The summed E-state index contributed by atoms with van der Waals surface area (Å²) < 4.78 is 125. The van der Waals surface area contributed by atoms with E-state index in [1.165, 1.54) is 11.1 Å². The number of hydrogen-bond donors (Lipinski definition) is 0. The molecule has 6 nitrogen and oxygen atoms in total.